The van der Waals surface area contributed by atoms with Crippen LogP contribution in [0.3, 0.4) is 0 Å². The van der Waals surface area contributed by atoms with Crippen LogP contribution in [0.5, 0.6) is 0 Å². The van der Waals surface area contributed by atoms with Gasteiger partial charge in [-0.3, -0.25) is 9.59 Å². The second-order valence-corrected chi connectivity index (χ2v) is 7.54. The number of carbonyl (C=O) groups excluding carboxylic acids is 3. The summed E-state index contributed by atoms with van der Waals surface area (Å²) < 4.78 is 5.11. The fourth-order valence-corrected chi connectivity index (χ4v) is 2.69. The Morgan fingerprint density at radius 1 is 1.19 bits per heavy atom. The zero-order valence-electron chi connectivity index (χ0n) is 15.2. The van der Waals surface area contributed by atoms with Crippen LogP contribution >= 0.6 is 11.6 Å². The summed E-state index contributed by atoms with van der Waals surface area (Å²) in [5.41, 5.74) is 0.157. The maximum absolute atomic E-state index is 12.2. The van der Waals surface area contributed by atoms with Crippen LogP contribution in [0, 0.1) is 5.92 Å². The summed E-state index contributed by atoms with van der Waals surface area (Å²) in [6.45, 7) is 6.17. The molecular weight excluding hydrogens is 358 g/mol. The minimum Gasteiger partial charge on any atom is -0.444 e. The molecule has 1 aliphatic heterocycles. The molecule has 1 heterocycles. The molecule has 2 rings (SSSR count). The van der Waals surface area contributed by atoms with Gasteiger partial charge in [0.1, 0.15) is 5.60 Å². The smallest absolute Gasteiger partial charge is 0.407 e. The lowest BCUT2D eigenvalue weighted by atomic mass is 10.1. The Morgan fingerprint density at radius 2 is 1.81 bits per heavy atom. The topological polar surface area (TPSA) is 87.7 Å². The van der Waals surface area contributed by atoms with Gasteiger partial charge in [0.2, 0.25) is 11.8 Å². The highest BCUT2D eigenvalue weighted by Gasteiger charge is 2.34. The number of anilines is 1. The monoisotopic (exact) mass is 381 g/mol. The molecule has 1 saturated heterocycles. The molecule has 0 unspecified atom stereocenters. The molecule has 0 aromatic heterocycles. The molecule has 0 bridgehead atoms. The van der Waals surface area contributed by atoms with E-state index in [9.17, 15) is 14.4 Å². The Bertz CT molecular complexity index is 670. The van der Waals surface area contributed by atoms with E-state index in [1.807, 2.05) is 0 Å². The molecule has 3 amide bonds. The van der Waals surface area contributed by atoms with Crippen molar-refractivity contribution in [2.45, 2.75) is 32.8 Å². The summed E-state index contributed by atoms with van der Waals surface area (Å²) in [5.74, 6) is -0.722. The van der Waals surface area contributed by atoms with Crippen LogP contribution in [0.2, 0.25) is 5.02 Å². The molecule has 1 aromatic rings. The van der Waals surface area contributed by atoms with E-state index < -0.39 is 17.6 Å². The highest BCUT2D eigenvalue weighted by atomic mass is 35.5. The van der Waals surface area contributed by atoms with Gasteiger partial charge in [0.05, 0.1) is 5.92 Å². The molecule has 7 nitrogen and oxygen atoms in total. The lowest BCUT2D eigenvalue weighted by Gasteiger charge is -2.20. The summed E-state index contributed by atoms with van der Waals surface area (Å²) in [6.07, 6.45) is -0.370. The van der Waals surface area contributed by atoms with E-state index in [1.54, 1.807) is 49.9 Å². The zero-order chi connectivity index (χ0) is 19.3. The SMILES string of the molecule is CC(C)(C)OC(=O)NCCNC(=O)[C@H]1CC(=O)N(c2ccc(Cl)cc2)C1. The number of rotatable bonds is 5. The van der Waals surface area contributed by atoms with Gasteiger partial charge < -0.3 is 20.3 Å². The molecule has 2 N–H and O–H groups in total. The molecule has 1 aromatic carbocycles. The lowest BCUT2D eigenvalue weighted by Crippen LogP contribution is -2.40. The molecule has 0 aliphatic carbocycles. The molecule has 1 atom stereocenters. The second-order valence-electron chi connectivity index (χ2n) is 7.10. The van der Waals surface area contributed by atoms with Crippen molar-refractivity contribution in [1.82, 2.24) is 10.6 Å². The van der Waals surface area contributed by atoms with Gasteiger partial charge in [-0.15, -0.1) is 0 Å². The van der Waals surface area contributed by atoms with E-state index in [1.165, 1.54) is 0 Å². The van der Waals surface area contributed by atoms with Crippen molar-refractivity contribution >= 4 is 35.2 Å². The summed E-state index contributed by atoms with van der Waals surface area (Å²) in [4.78, 5) is 37.5. The maximum Gasteiger partial charge on any atom is 0.407 e. The number of benzene rings is 1. The highest BCUT2D eigenvalue weighted by molar-refractivity contribution is 6.30. The standard InChI is InChI=1S/C18H24ClN3O4/c1-18(2,3)26-17(25)21-9-8-20-16(24)12-10-15(23)22(11-12)14-6-4-13(19)5-7-14/h4-7,12H,8-11H2,1-3H3,(H,20,24)(H,21,25)/t12-/m0/s1. The molecule has 26 heavy (non-hydrogen) atoms. The van der Waals surface area contributed by atoms with E-state index in [0.717, 1.165) is 5.69 Å². The number of hydrogen-bond donors (Lipinski definition) is 2. The molecule has 1 aliphatic rings. The Balaban J connectivity index is 1.76. The van der Waals surface area contributed by atoms with Crippen molar-refractivity contribution in [2.75, 3.05) is 24.5 Å². The zero-order valence-corrected chi connectivity index (χ0v) is 15.9. The van der Waals surface area contributed by atoms with Crippen LogP contribution in [-0.4, -0.2) is 43.1 Å². The van der Waals surface area contributed by atoms with Crippen LogP contribution in [0.4, 0.5) is 10.5 Å². The van der Waals surface area contributed by atoms with Gasteiger partial charge >= 0.3 is 6.09 Å². The fourth-order valence-electron chi connectivity index (χ4n) is 2.56. The Kier molecular flexibility index (Phi) is 6.47. The predicted molar refractivity (Wildman–Crippen MR) is 99.2 cm³/mol. The minimum atomic E-state index is -0.567. The van der Waals surface area contributed by atoms with Gasteiger partial charge in [0, 0.05) is 36.8 Å². The number of ether oxygens (including phenoxy) is 1. The van der Waals surface area contributed by atoms with Gasteiger partial charge in [0.25, 0.3) is 0 Å². The average Bonchev–Trinajstić information content (AvgIpc) is 2.92. The molecule has 8 heteroatoms. The normalized spacial score (nSPS) is 17.2. The van der Waals surface area contributed by atoms with Crippen molar-refractivity contribution in [3.8, 4) is 0 Å². The highest BCUT2D eigenvalue weighted by Crippen LogP contribution is 2.26. The lowest BCUT2D eigenvalue weighted by molar-refractivity contribution is -0.126. The molecule has 142 valence electrons. The Labute approximate surface area is 158 Å². The first-order valence-corrected chi connectivity index (χ1v) is 8.84. The van der Waals surface area contributed by atoms with E-state index in [-0.39, 0.29) is 31.3 Å². The number of hydrogen-bond acceptors (Lipinski definition) is 4. The first-order valence-electron chi connectivity index (χ1n) is 8.46. The number of nitrogens with one attached hydrogen (secondary N) is 2. The molecule has 1 fully saturated rings. The maximum atomic E-state index is 12.2. The van der Waals surface area contributed by atoms with Crippen molar-refractivity contribution < 1.29 is 19.1 Å². The van der Waals surface area contributed by atoms with E-state index in [4.69, 9.17) is 16.3 Å². The first-order chi connectivity index (χ1) is 12.2. The van der Waals surface area contributed by atoms with Crippen LogP contribution in [0.25, 0.3) is 0 Å². The van der Waals surface area contributed by atoms with Gasteiger partial charge in [-0.25, -0.2) is 4.79 Å². The number of amides is 3. The molecular formula is C18H24ClN3O4. The largest absolute Gasteiger partial charge is 0.444 e. The van der Waals surface area contributed by atoms with Crippen LogP contribution < -0.4 is 15.5 Å². The molecule has 0 saturated carbocycles. The van der Waals surface area contributed by atoms with Crippen LogP contribution in [0.15, 0.2) is 24.3 Å². The second kappa shape index (κ2) is 8.40. The average molecular weight is 382 g/mol. The fraction of sp³-hybridized carbons (Fsp3) is 0.500. The van der Waals surface area contributed by atoms with Gasteiger partial charge in [-0.1, -0.05) is 11.6 Å². The third kappa shape index (κ3) is 5.91. The minimum absolute atomic E-state index is 0.0978. The third-order valence-electron chi connectivity index (χ3n) is 3.73. The number of halogens is 1. The molecule has 0 radical (unpaired) electrons. The van der Waals surface area contributed by atoms with Crippen LogP contribution in [-0.2, 0) is 14.3 Å². The molecule has 0 spiro atoms. The number of nitrogens with zero attached hydrogens (tertiary/aromatic N) is 1. The van der Waals surface area contributed by atoms with E-state index >= 15 is 0 Å². The van der Waals surface area contributed by atoms with Gasteiger partial charge in [-0.05, 0) is 45.0 Å². The van der Waals surface area contributed by atoms with Gasteiger partial charge in [0.15, 0.2) is 0 Å². The van der Waals surface area contributed by atoms with Crippen molar-refractivity contribution in [3.63, 3.8) is 0 Å². The van der Waals surface area contributed by atoms with E-state index in [0.29, 0.717) is 11.6 Å². The Morgan fingerprint density at radius 3 is 2.42 bits per heavy atom. The summed E-state index contributed by atoms with van der Waals surface area (Å²) in [6, 6.07) is 6.93. The summed E-state index contributed by atoms with van der Waals surface area (Å²) >= 11 is 5.86. The summed E-state index contributed by atoms with van der Waals surface area (Å²) in [7, 11) is 0. The van der Waals surface area contributed by atoms with Crippen molar-refractivity contribution in [2.24, 2.45) is 5.92 Å². The Hall–Kier alpha value is -2.28. The van der Waals surface area contributed by atoms with Crippen molar-refractivity contribution in [1.29, 1.82) is 0 Å². The van der Waals surface area contributed by atoms with Gasteiger partial charge in [-0.2, -0.15) is 0 Å². The number of alkyl carbamates (subject to hydrolysis) is 1. The first kappa shape index (κ1) is 20.0. The van der Waals surface area contributed by atoms with Crippen LogP contribution in [0.1, 0.15) is 27.2 Å². The quantitative estimate of drug-likeness (QED) is 0.766. The van der Waals surface area contributed by atoms with Crippen molar-refractivity contribution in [3.05, 3.63) is 29.3 Å². The van der Waals surface area contributed by atoms with E-state index in [2.05, 4.69) is 10.6 Å². The third-order valence-corrected chi connectivity index (χ3v) is 3.98. The number of carbonyl (C=O) groups is 3. The predicted octanol–water partition coefficient (Wildman–Crippen LogP) is 2.33. The summed E-state index contributed by atoms with van der Waals surface area (Å²) in [5, 5.41) is 5.89.